The van der Waals surface area contributed by atoms with E-state index in [1.807, 2.05) is 41.3 Å². The lowest BCUT2D eigenvalue weighted by molar-refractivity contribution is -0.127. The van der Waals surface area contributed by atoms with Gasteiger partial charge in [0.05, 0.1) is 14.2 Å². The number of rotatable bonds is 8. The van der Waals surface area contributed by atoms with E-state index in [-0.39, 0.29) is 23.1 Å². The van der Waals surface area contributed by atoms with Crippen LogP contribution in [0, 0.1) is 11.3 Å². The molecular formula is C26H31N3O4. The predicted molar refractivity (Wildman–Crippen MR) is 126 cm³/mol. The molecule has 1 saturated heterocycles. The van der Waals surface area contributed by atoms with Gasteiger partial charge < -0.3 is 19.7 Å². The lowest BCUT2D eigenvalue weighted by Gasteiger charge is -2.32. The van der Waals surface area contributed by atoms with Crippen molar-refractivity contribution in [2.24, 2.45) is 11.3 Å². The molecule has 0 radical (unpaired) electrons. The van der Waals surface area contributed by atoms with E-state index in [9.17, 15) is 9.59 Å². The summed E-state index contributed by atoms with van der Waals surface area (Å²) < 4.78 is 10.6. The summed E-state index contributed by atoms with van der Waals surface area (Å²) in [5, 5.41) is 3.06. The van der Waals surface area contributed by atoms with Crippen LogP contribution in [0.4, 0.5) is 0 Å². The molecule has 1 N–H and O–H groups in total. The molecule has 174 valence electrons. The Balaban J connectivity index is 1.23. The third-order valence-electron chi connectivity index (χ3n) is 6.81. The van der Waals surface area contributed by atoms with Crippen LogP contribution in [0.2, 0.25) is 0 Å². The van der Waals surface area contributed by atoms with Crippen LogP contribution < -0.4 is 14.8 Å². The number of hydrogen-bond donors (Lipinski definition) is 1. The Morgan fingerprint density at radius 2 is 1.94 bits per heavy atom. The fraction of sp³-hybridized carbons (Fsp3) is 0.423. The summed E-state index contributed by atoms with van der Waals surface area (Å²) in [6.45, 7) is 1.98. The number of amides is 2. The molecule has 2 aliphatic rings. The molecular weight excluding hydrogens is 418 g/mol. The predicted octanol–water partition coefficient (Wildman–Crippen LogP) is 3.10. The fourth-order valence-electron chi connectivity index (χ4n) is 4.66. The van der Waals surface area contributed by atoms with Crippen LogP contribution in [0.3, 0.4) is 0 Å². The van der Waals surface area contributed by atoms with E-state index in [0.29, 0.717) is 31.1 Å². The van der Waals surface area contributed by atoms with Crippen molar-refractivity contribution in [3.8, 4) is 11.5 Å². The van der Waals surface area contributed by atoms with Crippen molar-refractivity contribution in [3.63, 3.8) is 0 Å². The molecule has 2 amide bonds. The summed E-state index contributed by atoms with van der Waals surface area (Å²) in [7, 11) is 3.18. The molecule has 1 aliphatic heterocycles. The van der Waals surface area contributed by atoms with Crippen molar-refractivity contribution in [2.45, 2.75) is 25.7 Å². The SMILES string of the molecule is COc1ccc(/C=C/C(=O)N2CCC3(CC2)CC3C(=O)NCCc2ccccn2)cc1OC. The fourth-order valence-corrected chi connectivity index (χ4v) is 4.66. The lowest BCUT2D eigenvalue weighted by atomic mass is 9.90. The van der Waals surface area contributed by atoms with Gasteiger partial charge in [-0.2, -0.15) is 0 Å². The summed E-state index contributed by atoms with van der Waals surface area (Å²) in [5.41, 5.74) is 1.93. The van der Waals surface area contributed by atoms with E-state index >= 15 is 0 Å². The third-order valence-corrected chi connectivity index (χ3v) is 6.81. The average Bonchev–Trinajstić information content (AvgIpc) is 3.56. The van der Waals surface area contributed by atoms with Crippen molar-refractivity contribution >= 4 is 17.9 Å². The number of methoxy groups -OCH3 is 2. The normalized spacial score (nSPS) is 18.8. The molecule has 7 nitrogen and oxygen atoms in total. The largest absolute Gasteiger partial charge is 0.493 e. The molecule has 2 aromatic rings. The number of aromatic nitrogens is 1. The maximum Gasteiger partial charge on any atom is 0.246 e. The first-order valence-electron chi connectivity index (χ1n) is 11.4. The molecule has 33 heavy (non-hydrogen) atoms. The van der Waals surface area contributed by atoms with Crippen molar-refractivity contribution in [3.05, 3.63) is 59.9 Å². The van der Waals surface area contributed by atoms with Gasteiger partial charge in [-0.05, 0) is 60.6 Å². The first-order valence-corrected chi connectivity index (χ1v) is 11.4. The highest BCUT2D eigenvalue weighted by molar-refractivity contribution is 5.92. The van der Waals surface area contributed by atoms with Crippen LogP contribution in [0.5, 0.6) is 11.5 Å². The maximum absolute atomic E-state index is 12.7. The smallest absolute Gasteiger partial charge is 0.246 e. The second-order valence-corrected chi connectivity index (χ2v) is 8.75. The van der Waals surface area contributed by atoms with Gasteiger partial charge in [0.25, 0.3) is 0 Å². The summed E-state index contributed by atoms with van der Waals surface area (Å²) in [6, 6.07) is 11.4. The van der Waals surface area contributed by atoms with E-state index in [4.69, 9.17) is 9.47 Å². The van der Waals surface area contributed by atoms with Gasteiger partial charge in [0.15, 0.2) is 11.5 Å². The van der Waals surface area contributed by atoms with Crippen molar-refractivity contribution in [2.75, 3.05) is 33.9 Å². The Hall–Kier alpha value is -3.35. The Kier molecular flexibility index (Phi) is 6.96. The molecule has 1 aromatic carbocycles. The van der Waals surface area contributed by atoms with Crippen LogP contribution in [0.1, 0.15) is 30.5 Å². The molecule has 4 rings (SSSR count). The average molecular weight is 450 g/mol. The van der Waals surface area contributed by atoms with Crippen molar-refractivity contribution in [1.82, 2.24) is 15.2 Å². The first kappa shape index (κ1) is 22.8. The van der Waals surface area contributed by atoms with Gasteiger partial charge in [0.1, 0.15) is 0 Å². The van der Waals surface area contributed by atoms with E-state index in [1.54, 1.807) is 32.6 Å². The van der Waals surface area contributed by atoms with Gasteiger partial charge in [-0.3, -0.25) is 14.6 Å². The van der Waals surface area contributed by atoms with Crippen LogP contribution >= 0.6 is 0 Å². The summed E-state index contributed by atoms with van der Waals surface area (Å²) in [6.07, 6.45) is 8.58. The number of ether oxygens (including phenoxy) is 2. The summed E-state index contributed by atoms with van der Waals surface area (Å²) >= 11 is 0. The number of nitrogens with zero attached hydrogens (tertiary/aromatic N) is 2. The Morgan fingerprint density at radius 3 is 2.64 bits per heavy atom. The van der Waals surface area contributed by atoms with Gasteiger partial charge >= 0.3 is 0 Å². The van der Waals surface area contributed by atoms with E-state index < -0.39 is 0 Å². The molecule has 1 saturated carbocycles. The minimum atomic E-state index is -0.00310. The molecule has 1 aliphatic carbocycles. The highest BCUT2D eigenvalue weighted by Gasteiger charge is 2.58. The number of carbonyl (C=O) groups is 2. The van der Waals surface area contributed by atoms with Crippen LogP contribution in [0.25, 0.3) is 6.08 Å². The van der Waals surface area contributed by atoms with E-state index in [2.05, 4.69) is 10.3 Å². The zero-order valence-electron chi connectivity index (χ0n) is 19.3. The molecule has 1 spiro atoms. The number of likely N-dealkylation sites (tertiary alicyclic amines) is 1. The van der Waals surface area contributed by atoms with Gasteiger partial charge in [-0.25, -0.2) is 0 Å². The summed E-state index contributed by atoms with van der Waals surface area (Å²) in [4.78, 5) is 31.4. The lowest BCUT2D eigenvalue weighted by Crippen LogP contribution is -2.40. The van der Waals surface area contributed by atoms with E-state index in [0.717, 1.165) is 36.9 Å². The van der Waals surface area contributed by atoms with Crippen LogP contribution in [-0.4, -0.2) is 55.6 Å². The number of benzene rings is 1. The number of hydrogen-bond acceptors (Lipinski definition) is 5. The second-order valence-electron chi connectivity index (χ2n) is 8.75. The summed E-state index contributed by atoms with van der Waals surface area (Å²) in [5.74, 6) is 1.49. The topological polar surface area (TPSA) is 80.8 Å². The number of piperidine rings is 1. The van der Waals surface area contributed by atoms with Gasteiger partial charge in [-0.15, -0.1) is 0 Å². The third kappa shape index (κ3) is 5.35. The number of nitrogens with one attached hydrogen (secondary N) is 1. The van der Waals surface area contributed by atoms with Crippen LogP contribution in [-0.2, 0) is 16.0 Å². The second kappa shape index (κ2) is 10.1. The zero-order valence-corrected chi connectivity index (χ0v) is 19.3. The molecule has 7 heteroatoms. The monoisotopic (exact) mass is 449 g/mol. The van der Waals surface area contributed by atoms with Crippen LogP contribution in [0.15, 0.2) is 48.7 Å². The molecule has 1 aromatic heterocycles. The molecule has 1 atom stereocenters. The highest BCUT2D eigenvalue weighted by atomic mass is 16.5. The minimum absolute atomic E-state index is 0.00310. The Labute approximate surface area is 194 Å². The highest BCUT2D eigenvalue weighted by Crippen LogP contribution is 2.59. The van der Waals surface area contributed by atoms with Crippen molar-refractivity contribution in [1.29, 1.82) is 0 Å². The molecule has 1 unspecified atom stereocenters. The van der Waals surface area contributed by atoms with E-state index in [1.165, 1.54) is 0 Å². The first-order chi connectivity index (χ1) is 16.0. The number of carbonyl (C=O) groups excluding carboxylic acids is 2. The standard InChI is InChI=1S/C26H31N3O4/c1-32-22-8-6-19(17-23(22)33-2)7-9-24(30)29-15-11-26(12-16-29)18-21(26)25(31)28-14-10-20-5-3-4-13-27-20/h3-9,13,17,21H,10-12,14-16,18H2,1-2H3,(H,28,31)/b9-7+. The van der Waals surface area contributed by atoms with Gasteiger partial charge in [0.2, 0.25) is 11.8 Å². The Morgan fingerprint density at radius 1 is 1.15 bits per heavy atom. The maximum atomic E-state index is 12.7. The quantitative estimate of drug-likeness (QED) is 0.627. The van der Waals surface area contributed by atoms with Gasteiger partial charge in [-0.1, -0.05) is 12.1 Å². The minimum Gasteiger partial charge on any atom is -0.493 e. The zero-order chi connectivity index (χ0) is 23.3. The Bertz CT molecular complexity index is 1010. The molecule has 2 fully saturated rings. The van der Waals surface area contributed by atoms with Crippen molar-refractivity contribution < 1.29 is 19.1 Å². The number of pyridine rings is 1. The van der Waals surface area contributed by atoms with Gasteiger partial charge in [0, 0.05) is 49.9 Å². The molecule has 2 heterocycles. The molecule has 0 bridgehead atoms.